The van der Waals surface area contributed by atoms with E-state index in [4.69, 9.17) is 16.3 Å². The number of carbonyl (C=O) groups excluding carboxylic acids is 1. The molecular formula is C21H29Cl3N4O4. The average molecular weight is 508 g/mol. The van der Waals surface area contributed by atoms with Crippen LogP contribution >= 0.6 is 36.4 Å². The lowest BCUT2D eigenvalue weighted by Crippen LogP contribution is -2.50. The van der Waals surface area contributed by atoms with Gasteiger partial charge in [0.1, 0.15) is 12.2 Å². The summed E-state index contributed by atoms with van der Waals surface area (Å²) in [4.78, 5) is 18.5. The number of likely N-dealkylation sites (N-methyl/N-ethyl adjacent to an activating group) is 1. The van der Waals surface area contributed by atoms with Gasteiger partial charge in [-0.05, 0) is 37.4 Å². The second-order valence-electron chi connectivity index (χ2n) is 7.27. The minimum Gasteiger partial charge on any atom is -0.394 e. The third-order valence-corrected chi connectivity index (χ3v) is 5.38. The fourth-order valence-corrected chi connectivity index (χ4v) is 3.80. The summed E-state index contributed by atoms with van der Waals surface area (Å²) in [5.41, 5.74) is 1.52. The van der Waals surface area contributed by atoms with Crippen molar-refractivity contribution in [2.45, 2.75) is 30.8 Å². The number of hydrogen-bond acceptors (Lipinski definition) is 6. The van der Waals surface area contributed by atoms with E-state index in [1.165, 1.54) is 0 Å². The quantitative estimate of drug-likeness (QED) is 0.437. The van der Waals surface area contributed by atoms with E-state index in [2.05, 4.69) is 15.6 Å². The number of aliphatic hydroxyl groups is 2. The van der Waals surface area contributed by atoms with Crippen molar-refractivity contribution in [3.05, 3.63) is 59.4 Å². The van der Waals surface area contributed by atoms with Crippen molar-refractivity contribution < 1.29 is 19.7 Å². The van der Waals surface area contributed by atoms with Gasteiger partial charge in [-0.2, -0.15) is 0 Å². The van der Waals surface area contributed by atoms with Crippen molar-refractivity contribution in [2.75, 3.05) is 32.1 Å². The van der Waals surface area contributed by atoms with E-state index in [-0.39, 0.29) is 44.0 Å². The van der Waals surface area contributed by atoms with Crippen molar-refractivity contribution >= 4 is 48.1 Å². The highest BCUT2D eigenvalue weighted by Crippen LogP contribution is 2.25. The molecule has 178 valence electrons. The molecule has 0 aliphatic carbocycles. The average Bonchev–Trinajstić information content (AvgIpc) is 3.06. The number of rotatable bonds is 8. The lowest BCUT2D eigenvalue weighted by molar-refractivity contribution is -0.0205. The van der Waals surface area contributed by atoms with E-state index in [1.54, 1.807) is 30.5 Å². The summed E-state index contributed by atoms with van der Waals surface area (Å²) in [5, 5.41) is 26.2. The predicted octanol–water partition coefficient (Wildman–Crippen LogP) is 2.36. The van der Waals surface area contributed by atoms with Gasteiger partial charge in [-0.1, -0.05) is 23.7 Å². The molecule has 0 saturated carbocycles. The SMILES string of the molecule is CN(CCc1ccccn1)[C@@H]1[C@H](O)[C@H](CO)O[C@@H]1CNC(=O)Nc1cccc(Cl)c1.Cl.Cl. The Morgan fingerprint density at radius 2 is 2.00 bits per heavy atom. The number of carbonyl (C=O) groups is 1. The van der Waals surface area contributed by atoms with Crippen LogP contribution in [0, 0.1) is 0 Å². The maximum atomic E-state index is 12.2. The van der Waals surface area contributed by atoms with Crippen LogP contribution in [0.5, 0.6) is 0 Å². The van der Waals surface area contributed by atoms with Crippen molar-refractivity contribution in [3.63, 3.8) is 0 Å². The number of ether oxygens (including phenoxy) is 1. The number of urea groups is 1. The van der Waals surface area contributed by atoms with Gasteiger partial charge in [0.15, 0.2) is 0 Å². The van der Waals surface area contributed by atoms with E-state index in [1.807, 2.05) is 30.1 Å². The molecule has 0 unspecified atom stereocenters. The van der Waals surface area contributed by atoms with Crippen LogP contribution < -0.4 is 10.6 Å². The molecular weight excluding hydrogens is 479 g/mol. The second kappa shape index (κ2) is 13.8. The van der Waals surface area contributed by atoms with Gasteiger partial charge < -0.3 is 25.6 Å². The largest absolute Gasteiger partial charge is 0.394 e. The Morgan fingerprint density at radius 1 is 1.22 bits per heavy atom. The fraction of sp³-hybridized carbons (Fsp3) is 0.429. The number of aliphatic hydroxyl groups excluding tert-OH is 2. The van der Waals surface area contributed by atoms with Gasteiger partial charge in [-0.3, -0.25) is 9.88 Å². The molecule has 3 rings (SSSR count). The molecule has 2 aromatic rings. The summed E-state index contributed by atoms with van der Waals surface area (Å²) in [6.45, 7) is 0.529. The van der Waals surface area contributed by atoms with Crippen LogP contribution in [0.4, 0.5) is 10.5 Å². The molecule has 1 saturated heterocycles. The molecule has 4 atom stereocenters. The van der Waals surface area contributed by atoms with Crippen molar-refractivity contribution in [1.82, 2.24) is 15.2 Å². The Hall–Kier alpha value is -1.65. The Morgan fingerprint density at radius 3 is 2.66 bits per heavy atom. The fourth-order valence-electron chi connectivity index (χ4n) is 3.61. The number of amides is 2. The zero-order chi connectivity index (χ0) is 21.5. The maximum absolute atomic E-state index is 12.2. The second-order valence-corrected chi connectivity index (χ2v) is 7.71. The van der Waals surface area contributed by atoms with Gasteiger partial charge in [0.2, 0.25) is 0 Å². The smallest absolute Gasteiger partial charge is 0.319 e. The highest BCUT2D eigenvalue weighted by Gasteiger charge is 2.45. The number of benzene rings is 1. The number of aromatic nitrogens is 1. The molecule has 1 aromatic heterocycles. The highest BCUT2D eigenvalue weighted by atomic mass is 35.5. The molecule has 11 heteroatoms. The molecule has 1 aromatic carbocycles. The molecule has 0 radical (unpaired) electrons. The van der Waals surface area contributed by atoms with Gasteiger partial charge >= 0.3 is 6.03 Å². The zero-order valence-electron chi connectivity index (χ0n) is 17.6. The van der Waals surface area contributed by atoms with Crippen LogP contribution in [0.1, 0.15) is 5.69 Å². The first-order valence-electron chi connectivity index (χ1n) is 9.83. The lowest BCUT2D eigenvalue weighted by atomic mass is 10.0. The number of hydrogen-bond donors (Lipinski definition) is 4. The Bertz CT molecular complexity index is 834. The van der Waals surface area contributed by atoms with Gasteiger partial charge in [0.05, 0.1) is 18.8 Å². The molecule has 32 heavy (non-hydrogen) atoms. The molecule has 2 amide bonds. The van der Waals surface area contributed by atoms with Crippen LogP contribution in [0.15, 0.2) is 48.7 Å². The molecule has 1 fully saturated rings. The minimum absolute atomic E-state index is 0. The molecule has 8 nitrogen and oxygen atoms in total. The summed E-state index contributed by atoms with van der Waals surface area (Å²) in [6, 6.07) is 11.8. The number of pyridine rings is 1. The molecule has 2 heterocycles. The van der Waals surface area contributed by atoms with Crippen LogP contribution in [0.2, 0.25) is 5.02 Å². The summed E-state index contributed by atoms with van der Waals surface area (Å²) >= 11 is 5.93. The summed E-state index contributed by atoms with van der Waals surface area (Å²) in [6.07, 6.45) is 0.410. The lowest BCUT2D eigenvalue weighted by Gasteiger charge is -2.30. The first-order chi connectivity index (χ1) is 14.5. The Kier molecular flexibility index (Phi) is 12.2. The molecule has 1 aliphatic rings. The molecule has 0 bridgehead atoms. The minimum atomic E-state index is -0.869. The third-order valence-electron chi connectivity index (χ3n) is 5.14. The van der Waals surface area contributed by atoms with Crippen LogP contribution in [-0.4, -0.2) is 77.2 Å². The van der Waals surface area contributed by atoms with Gasteiger partial charge in [-0.25, -0.2) is 4.79 Å². The number of halogens is 3. The number of anilines is 1. The topological polar surface area (TPSA) is 107 Å². The zero-order valence-corrected chi connectivity index (χ0v) is 19.9. The highest BCUT2D eigenvalue weighted by molar-refractivity contribution is 6.30. The van der Waals surface area contributed by atoms with Crippen molar-refractivity contribution in [1.29, 1.82) is 0 Å². The summed E-state index contributed by atoms with van der Waals surface area (Å²) in [5.74, 6) is 0. The van der Waals surface area contributed by atoms with E-state index < -0.39 is 24.3 Å². The normalized spacial score (nSPS) is 22.0. The van der Waals surface area contributed by atoms with Gasteiger partial charge in [-0.15, -0.1) is 24.8 Å². The third kappa shape index (κ3) is 7.74. The van der Waals surface area contributed by atoms with Crippen LogP contribution in [0.3, 0.4) is 0 Å². The monoisotopic (exact) mass is 506 g/mol. The Labute approximate surface area is 205 Å². The summed E-state index contributed by atoms with van der Waals surface area (Å²) < 4.78 is 5.81. The first kappa shape index (κ1) is 28.4. The maximum Gasteiger partial charge on any atom is 0.319 e. The van der Waals surface area contributed by atoms with Gasteiger partial charge in [0, 0.05) is 42.1 Å². The Balaban J connectivity index is 0.00000256. The van der Waals surface area contributed by atoms with Crippen molar-refractivity contribution in [3.8, 4) is 0 Å². The van der Waals surface area contributed by atoms with Crippen LogP contribution in [-0.2, 0) is 11.2 Å². The van der Waals surface area contributed by atoms with E-state index in [0.29, 0.717) is 23.7 Å². The van der Waals surface area contributed by atoms with Gasteiger partial charge in [0.25, 0.3) is 0 Å². The standard InChI is InChI=1S/C21H27ClN4O4.2ClH/c1-26(10-8-15-6-2-3-9-23-15)19-17(30-18(13-27)20(19)28)12-24-21(29)25-16-7-4-5-14(22)11-16;;/h2-7,9,11,17-20,27-28H,8,10,12-13H2,1H3,(H2,24,25,29);2*1H/t17-,18+,19+,20-;;/m1../s1. The van der Waals surface area contributed by atoms with E-state index in [9.17, 15) is 15.0 Å². The van der Waals surface area contributed by atoms with Crippen molar-refractivity contribution in [2.24, 2.45) is 0 Å². The van der Waals surface area contributed by atoms with Crippen LogP contribution in [0.25, 0.3) is 0 Å². The number of nitrogens with zero attached hydrogens (tertiary/aromatic N) is 2. The first-order valence-corrected chi connectivity index (χ1v) is 10.2. The van der Waals surface area contributed by atoms with E-state index in [0.717, 1.165) is 5.69 Å². The summed E-state index contributed by atoms with van der Waals surface area (Å²) in [7, 11) is 1.89. The molecule has 1 aliphatic heterocycles. The number of nitrogens with one attached hydrogen (secondary N) is 2. The molecule has 4 N–H and O–H groups in total. The molecule has 0 spiro atoms. The predicted molar refractivity (Wildman–Crippen MR) is 129 cm³/mol. The van der Waals surface area contributed by atoms with E-state index >= 15 is 0 Å².